The first kappa shape index (κ1) is 15.1. The van der Waals surface area contributed by atoms with Gasteiger partial charge in [-0.2, -0.15) is 0 Å². The highest BCUT2D eigenvalue weighted by atomic mass is 16.5. The van der Waals surface area contributed by atoms with Gasteiger partial charge in [-0.1, -0.05) is 24.3 Å². The van der Waals surface area contributed by atoms with Crippen molar-refractivity contribution in [1.82, 2.24) is 0 Å². The van der Waals surface area contributed by atoms with Crippen LogP contribution in [0.4, 0.5) is 5.69 Å². The number of esters is 1. The summed E-state index contributed by atoms with van der Waals surface area (Å²) >= 11 is 0. The smallest absolute Gasteiger partial charge is 0.338 e. The van der Waals surface area contributed by atoms with Crippen molar-refractivity contribution in [1.29, 1.82) is 0 Å². The van der Waals surface area contributed by atoms with Gasteiger partial charge in [0.2, 0.25) is 0 Å². The minimum absolute atomic E-state index is 0.0177. The van der Waals surface area contributed by atoms with Crippen LogP contribution in [0.3, 0.4) is 0 Å². The van der Waals surface area contributed by atoms with Crippen molar-refractivity contribution in [3.63, 3.8) is 0 Å². The van der Waals surface area contributed by atoms with Gasteiger partial charge < -0.3 is 15.6 Å². The molecule has 0 spiro atoms. The Morgan fingerprint density at radius 2 is 2.00 bits per heavy atom. The molecular weight excluding hydrogens is 266 g/mol. The van der Waals surface area contributed by atoms with Gasteiger partial charge in [0.25, 0.3) is 0 Å². The van der Waals surface area contributed by atoms with E-state index in [4.69, 9.17) is 10.5 Å². The largest absolute Gasteiger partial charge is 0.462 e. The van der Waals surface area contributed by atoms with E-state index in [1.54, 1.807) is 25.1 Å². The number of benzene rings is 2. The summed E-state index contributed by atoms with van der Waals surface area (Å²) in [6.07, 6.45) is 0.604. The lowest BCUT2D eigenvalue weighted by molar-refractivity contribution is 0.0526. The highest BCUT2D eigenvalue weighted by Crippen LogP contribution is 2.19. The Kier molecular flexibility index (Phi) is 4.95. The Balaban J connectivity index is 2.24. The predicted molar refractivity (Wildman–Crippen MR) is 82.0 cm³/mol. The third-order valence-corrected chi connectivity index (χ3v) is 3.22. The molecule has 3 N–H and O–H groups in total. The molecule has 0 unspecified atom stereocenters. The molecular formula is C17H19NO3. The number of anilines is 1. The van der Waals surface area contributed by atoms with E-state index in [0.29, 0.717) is 24.3 Å². The number of rotatable bonds is 5. The standard InChI is InChI=1S/C17H19NO3/c1-2-21-17(20)14-5-3-4-12(8-14)9-15-10-13(11-19)6-7-16(15)18/h3-8,10,19H,2,9,11,18H2,1H3. The molecule has 2 aromatic carbocycles. The number of aliphatic hydroxyl groups excluding tert-OH is 1. The number of nitrogens with two attached hydrogens (primary N) is 1. The summed E-state index contributed by atoms with van der Waals surface area (Å²) in [5.41, 5.74) is 9.90. The lowest BCUT2D eigenvalue weighted by Gasteiger charge is -2.09. The van der Waals surface area contributed by atoms with E-state index >= 15 is 0 Å². The molecule has 0 amide bonds. The van der Waals surface area contributed by atoms with Gasteiger partial charge in [0.15, 0.2) is 0 Å². The van der Waals surface area contributed by atoms with Gasteiger partial charge in [0.05, 0.1) is 18.8 Å². The van der Waals surface area contributed by atoms with Crippen LogP contribution in [0, 0.1) is 0 Å². The van der Waals surface area contributed by atoms with Gasteiger partial charge in [0, 0.05) is 5.69 Å². The summed E-state index contributed by atoms with van der Waals surface area (Å²) in [5.74, 6) is -0.323. The number of ether oxygens (including phenoxy) is 1. The van der Waals surface area contributed by atoms with Gasteiger partial charge in [-0.05, 0) is 48.2 Å². The summed E-state index contributed by atoms with van der Waals surface area (Å²) in [7, 11) is 0. The fourth-order valence-corrected chi connectivity index (χ4v) is 2.15. The van der Waals surface area contributed by atoms with Gasteiger partial charge >= 0.3 is 5.97 Å². The molecule has 0 radical (unpaired) electrons. The fourth-order valence-electron chi connectivity index (χ4n) is 2.15. The van der Waals surface area contributed by atoms with Crippen LogP contribution in [0.1, 0.15) is 34.0 Å². The van der Waals surface area contributed by atoms with Crippen molar-refractivity contribution in [3.05, 3.63) is 64.7 Å². The molecule has 2 aromatic rings. The minimum Gasteiger partial charge on any atom is -0.462 e. The average Bonchev–Trinajstić information content (AvgIpc) is 2.50. The number of carbonyl (C=O) groups is 1. The van der Waals surface area contributed by atoms with Crippen LogP contribution in [0.2, 0.25) is 0 Å². The molecule has 0 heterocycles. The van der Waals surface area contributed by atoms with E-state index < -0.39 is 0 Å². The summed E-state index contributed by atoms with van der Waals surface area (Å²) in [5, 5.41) is 9.19. The quantitative estimate of drug-likeness (QED) is 0.654. The van der Waals surface area contributed by atoms with Gasteiger partial charge in [-0.25, -0.2) is 4.79 Å². The molecule has 0 bridgehead atoms. The van der Waals surface area contributed by atoms with Crippen LogP contribution in [0.5, 0.6) is 0 Å². The molecule has 0 aromatic heterocycles. The maximum Gasteiger partial charge on any atom is 0.338 e. The number of aliphatic hydroxyl groups is 1. The van der Waals surface area contributed by atoms with Crippen LogP contribution in [-0.4, -0.2) is 17.7 Å². The van der Waals surface area contributed by atoms with Crippen LogP contribution in [0.25, 0.3) is 0 Å². The average molecular weight is 285 g/mol. The maximum atomic E-state index is 11.7. The van der Waals surface area contributed by atoms with Crippen molar-refractivity contribution < 1.29 is 14.6 Å². The summed E-state index contributed by atoms with van der Waals surface area (Å²) < 4.78 is 5.00. The van der Waals surface area contributed by atoms with E-state index in [2.05, 4.69) is 0 Å². The van der Waals surface area contributed by atoms with E-state index in [1.807, 2.05) is 24.3 Å². The van der Waals surface area contributed by atoms with Gasteiger partial charge in [0.1, 0.15) is 0 Å². The van der Waals surface area contributed by atoms with E-state index in [0.717, 1.165) is 16.7 Å². The first-order chi connectivity index (χ1) is 10.1. The van der Waals surface area contributed by atoms with Crippen molar-refractivity contribution in [2.45, 2.75) is 20.0 Å². The van der Waals surface area contributed by atoms with E-state index in [-0.39, 0.29) is 12.6 Å². The van der Waals surface area contributed by atoms with Gasteiger partial charge in [-0.3, -0.25) is 0 Å². The molecule has 0 atom stereocenters. The molecule has 4 heteroatoms. The van der Waals surface area contributed by atoms with E-state index in [1.165, 1.54) is 0 Å². The second kappa shape index (κ2) is 6.90. The van der Waals surface area contributed by atoms with Crippen molar-refractivity contribution in [2.24, 2.45) is 0 Å². The van der Waals surface area contributed by atoms with Crippen LogP contribution >= 0.6 is 0 Å². The second-order valence-corrected chi connectivity index (χ2v) is 4.79. The fraction of sp³-hybridized carbons (Fsp3) is 0.235. The monoisotopic (exact) mass is 285 g/mol. The van der Waals surface area contributed by atoms with Crippen molar-refractivity contribution in [3.8, 4) is 0 Å². The first-order valence-corrected chi connectivity index (χ1v) is 6.88. The van der Waals surface area contributed by atoms with Crippen LogP contribution < -0.4 is 5.73 Å². The molecule has 4 nitrogen and oxygen atoms in total. The minimum atomic E-state index is -0.323. The SMILES string of the molecule is CCOC(=O)c1cccc(Cc2cc(CO)ccc2N)c1. The molecule has 0 aliphatic heterocycles. The molecule has 0 saturated heterocycles. The van der Waals surface area contributed by atoms with Gasteiger partial charge in [-0.15, -0.1) is 0 Å². The van der Waals surface area contributed by atoms with Crippen LogP contribution in [-0.2, 0) is 17.8 Å². The normalized spacial score (nSPS) is 10.4. The molecule has 110 valence electrons. The highest BCUT2D eigenvalue weighted by molar-refractivity contribution is 5.89. The Hall–Kier alpha value is -2.33. The zero-order valence-electron chi connectivity index (χ0n) is 12.0. The Morgan fingerprint density at radius 1 is 1.19 bits per heavy atom. The molecule has 0 aliphatic rings. The zero-order valence-corrected chi connectivity index (χ0v) is 12.0. The highest BCUT2D eigenvalue weighted by Gasteiger charge is 2.08. The first-order valence-electron chi connectivity index (χ1n) is 6.88. The lowest BCUT2D eigenvalue weighted by Crippen LogP contribution is -2.05. The molecule has 2 rings (SSSR count). The third-order valence-electron chi connectivity index (χ3n) is 3.22. The molecule has 0 saturated carbocycles. The van der Waals surface area contributed by atoms with Crippen molar-refractivity contribution >= 4 is 11.7 Å². The third kappa shape index (κ3) is 3.83. The number of hydrogen-bond donors (Lipinski definition) is 2. The Morgan fingerprint density at radius 3 is 2.71 bits per heavy atom. The summed E-state index contributed by atoms with van der Waals surface area (Å²) in [6.45, 7) is 2.12. The zero-order chi connectivity index (χ0) is 15.2. The lowest BCUT2D eigenvalue weighted by atomic mass is 10.00. The number of nitrogen functional groups attached to an aromatic ring is 1. The maximum absolute atomic E-state index is 11.7. The second-order valence-electron chi connectivity index (χ2n) is 4.79. The summed E-state index contributed by atoms with van der Waals surface area (Å²) in [4.78, 5) is 11.7. The number of carbonyl (C=O) groups excluding carboxylic acids is 1. The van der Waals surface area contributed by atoms with Crippen LogP contribution in [0.15, 0.2) is 42.5 Å². The van der Waals surface area contributed by atoms with E-state index in [9.17, 15) is 9.90 Å². The molecule has 0 aliphatic carbocycles. The summed E-state index contributed by atoms with van der Waals surface area (Å²) in [6, 6.07) is 12.8. The number of hydrogen-bond acceptors (Lipinski definition) is 4. The molecule has 21 heavy (non-hydrogen) atoms. The Bertz CT molecular complexity index is 638. The Labute approximate surface area is 124 Å². The molecule has 0 fully saturated rings. The predicted octanol–water partition coefficient (Wildman–Crippen LogP) is 2.53. The topological polar surface area (TPSA) is 72.5 Å². The van der Waals surface area contributed by atoms with Crippen molar-refractivity contribution in [2.75, 3.05) is 12.3 Å².